The van der Waals surface area contributed by atoms with E-state index < -0.39 is 0 Å². The highest BCUT2D eigenvalue weighted by atomic mass is 15.1. The molecule has 0 radical (unpaired) electrons. The summed E-state index contributed by atoms with van der Waals surface area (Å²) in [6.45, 7) is 8.72. The van der Waals surface area contributed by atoms with Crippen LogP contribution >= 0.6 is 0 Å². The molecular weight excluding hydrogens is 605 g/mol. The summed E-state index contributed by atoms with van der Waals surface area (Å²) in [5.74, 6) is 0. The van der Waals surface area contributed by atoms with Crippen molar-refractivity contribution in [2.45, 2.75) is 25.7 Å². The minimum atomic E-state index is 0.884. The van der Waals surface area contributed by atoms with E-state index in [0.29, 0.717) is 0 Å². The van der Waals surface area contributed by atoms with Crippen molar-refractivity contribution in [2.24, 2.45) is 0 Å². The topological polar surface area (TPSA) is 8.17 Å². The van der Waals surface area contributed by atoms with E-state index >= 15 is 0 Å². The molecule has 0 saturated carbocycles. The van der Waals surface area contributed by atoms with Gasteiger partial charge in [0.2, 0.25) is 0 Å². The maximum absolute atomic E-state index is 4.40. The lowest BCUT2D eigenvalue weighted by molar-refractivity contribution is 0.888. The normalized spacial score (nSPS) is 18.9. The zero-order valence-electron chi connectivity index (χ0n) is 28.3. The summed E-state index contributed by atoms with van der Waals surface area (Å²) in [5.41, 5.74) is 15.3. The van der Waals surface area contributed by atoms with E-state index in [-0.39, 0.29) is 0 Å². The van der Waals surface area contributed by atoms with Crippen LogP contribution in [0.5, 0.6) is 0 Å². The Balaban J connectivity index is 1.22. The molecule has 2 heterocycles. The van der Waals surface area contributed by atoms with Crippen LogP contribution < -0.4 is 4.90 Å². The molecule has 0 unspecified atom stereocenters. The Labute approximate surface area is 295 Å². The summed E-state index contributed by atoms with van der Waals surface area (Å²) in [4.78, 5) is 2.19. The number of benzene rings is 4. The van der Waals surface area contributed by atoms with Gasteiger partial charge in [-0.05, 0) is 113 Å². The van der Waals surface area contributed by atoms with Gasteiger partial charge in [-0.3, -0.25) is 0 Å². The van der Waals surface area contributed by atoms with E-state index in [1.54, 1.807) is 0 Å². The van der Waals surface area contributed by atoms with Gasteiger partial charge < -0.3 is 9.47 Å². The molecule has 0 amide bonds. The second-order valence-corrected chi connectivity index (χ2v) is 13.0. The molecule has 0 saturated heterocycles. The highest BCUT2D eigenvalue weighted by Crippen LogP contribution is 2.37. The van der Waals surface area contributed by atoms with Gasteiger partial charge in [0.15, 0.2) is 0 Å². The van der Waals surface area contributed by atoms with E-state index in [9.17, 15) is 0 Å². The van der Waals surface area contributed by atoms with Crippen molar-refractivity contribution < 1.29 is 0 Å². The number of para-hydroxylation sites is 1. The van der Waals surface area contributed by atoms with Crippen LogP contribution in [0.25, 0.3) is 44.9 Å². The smallest absolute Gasteiger partial charge is 0.0538 e. The fraction of sp³-hybridized carbons (Fsp3) is 0.0833. The lowest BCUT2D eigenvalue weighted by Crippen LogP contribution is -2.08. The SMILES string of the molecule is C=C1/C=C\C=C/N(c2ccccc2-c2ccccc2)/C=C\C(c2ccc3c(c2)c2c(n3-c3ccc(C4=CC=CCC4)cc3)CCC=C2)=C/C1=C. The summed E-state index contributed by atoms with van der Waals surface area (Å²) in [6, 6.07) is 35.1. The first-order valence-electron chi connectivity index (χ1n) is 17.5. The van der Waals surface area contributed by atoms with Gasteiger partial charge in [0.05, 0.1) is 11.2 Å². The Morgan fingerprint density at radius 3 is 2.24 bits per heavy atom. The van der Waals surface area contributed by atoms with Crippen LogP contribution in [0.15, 0.2) is 188 Å². The maximum Gasteiger partial charge on any atom is 0.0538 e. The van der Waals surface area contributed by atoms with Crippen LogP contribution in [0.2, 0.25) is 0 Å². The number of fused-ring (bicyclic) bond motifs is 3. The molecule has 0 N–H and O–H groups in total. The van der Waals surface area contributed by atoms with Gasteiger partial charge in [0.1, 0.15) is 0 Å². The molecule has 242 valence electrons. The molecule has 50 heavy (non-hydrogen) atoms. The first-order valence-corrected chi connectivity index (χ1v) is 17.5. The van der Waals surface area contributed by atoms with Gasteiger partial charge in [-0.25, -0.2) is 0 Å². The Hall–Kier alpha value is -6.12. The Morgan fingerprint density at radius 1 is 0.600 bits per heavy atom. The van der Waals surface area contributed by atoms with E-state index in [2.05, 4.69) is 181 Å². The highest BCUT2D eigenvalue weighted by molar-refractivity contribution is 5.96. The molecule has 8 rings (SSSR count). The molecule has 4 aromatic carbocycles. The molecule has 3 aliphatic rings. The van der Waals surface area contributed by atoms with E-state index in [4.69, 9.17) is 0 Å². The fourth-order valence-corrected chi connectivity index (χ4v) is 7.22. The second-order valence-electron chi connectivity index (χ2n) is 13.0. The van der Waals surface area contributed by atoms with Gasteiger partial charge in [0.25, 0.3) is 0 Å². The molecule has 1 aromatic heterocycles. The van der Waals surface area contributed by atoms with Gasteiger partial charge in [0, 0.05) is 40.3 Å². The Morgan fingerprint density at radius 2 is 1.40 bits per heavy atom. The van der Waals surface area contributed by atoms with E-state index in [1.807, 2.05) is 12.2 Å². The minimum Gasteiger partial charge on any atom is -0.323 e. The molecule has 0 fully saturated rings. The van der Waals surface area contributed by atoms with Crippen molar-refractivity contribution in [3.63, 3.8) is 0 Å². The van der Waals surface area contributed by atoms with Gasteiger partial charge in [-0.15, -0.1) is 0 Å². The van der Waals surface area contributed by atoms with Crippen molar-refractivity contribution in [2.75, 3.05) is 4.90 Å². The molecule has 2 nitrogen and oxygen atoms in total. The predicted molar refractivity (Wildman–Crippen MR) is 215 cm³/mol. The third-order valence-corrected chi connectivity index (χ3v) is 9.86. The van der Waals surface area contributed by atoms with Crippen LogP contribution in [0.1, 0.15) is 41.6 Å². The monoisotopic (exact) mass is 644 g/mol. The summed E-state index contributed by atoms with van der Waals surface area (Å²) >= 11 is 0. The number of anilines is 1. The van der Waals surface area contributed by atoms with Gasteiger partial charge in [-0.1, -0.05) is 122 Å². The number of allylic oxidation sites excluding steroid dienone is 13. The zero-order valence-corrected chi connectivity index (χ0v) is 28.3. The van der Waals surface area contributed by atoms with Crippen LogP contribution in [-0.4, -0.2) is 4.57 Å². The van der Waals surface area contributed by atoms with Crippen LogP contribution in [0.3, 0.4) is 0 Å². The van der Waals surface area contributed by atoms with Gasteiger partial charge >= 0.3 is 0 Å². The summed E-state index contributed by atoms with van der Waals surface area (Å²) in [7, 11) is 0. The Bertz CT molecular complexity index is 2330. The van der Waals surface area contributed by atoms with Crippen molar-refractivity contribution in [3.05, 3.63) is 211 Å². The van der Waals surface area contributed by atoms with Crippen molar-refractivity contribution in [1.82, 2.24) is 4.57 Å². The largest absolute Gasteiger partial charge is 0.323 e. The summed E-state index contributed by atoms with van der Waals surface area (Å²) in [6.07, 6.45) is 30.3. The average Bonchev–Trinajstić information content (AvgIpc) is 3.50. The first-order chi connectivity index (χ1) is 24.6. The van der Waals surface area contributed by atoms with E-state index in [0.717, 1.165) is 53.7 Å². The van der Waals surface area contributed by atoms with Crippen LogP contribution in [0, 0.1) is 0 Å². The molecule has 0 bridgehead atoms. The lowest BCUT2D eigenvalue weighted by Gasteiger charge is -2.20. The maximum atomic E-state index is 4.40. The average molecular weight is 645 g/mol. The summed E-state index contributed by atoms with van der Waals surface area (Å²) < 4.78 is 2.47. The number of hydrogen-bond donors (Lipinski definition) is 0. The number of hydrogen-bond acceptors (Lipinski definition) is 1. The number of aromatic nitrogens is 1. The lowest BCUT2D eigenvalue weighted by atomic mass is 9.96. The third kappa shape index (κ3) is 6.13. The molecule has 1 aliphatic heterocycles. The molecule has 0 atom stereocenters. The molecule has 5 aromatic rings. The molecule has 2 aliphatic carbocycles. The predicted octanol–water partition coefficient (Wildman–Crippen LogP) is 12.6. The Kier molecular flexibility index (Phi) is 8.59. The van der Waals surface area contributed by atoms with Crippen molar-refractivity contribution in [3.8, 4) is 16.8 Å². The second kappa shape index (κ2) is 13.8. The van der Waals surface area contributed by atoms with Crippen LogP contribution in [0.4, 0.5) is 5.69 Å². The fourth-order valence-electron chi connectivity index (χ4n) is 7.22. The standard InChI is InChI=1S/C48H40N2/c1-35-15-13-14-31-49(46-22-11-9-20-43(46)39-18-7-4-8-19-39)32-30-41(33-36(35)2)40-26-29-48-45(34-40)44-21-10-12-23-47(44)50(48)42-27-24-38(25-28-42)37-16-5-3-6-17-37/h3-5,7-11,13-16,18-22,24-34H,1-2,6,12,17,23H2/b15-13-,31-14-,32-30-,41-33+. The van der Waals surface area contributed by atoms with Gasteiger partial charge in [-0.2, -0.15) is 0 Å². The molecular formula is C48H40N2. The molecule has 0 spiro atoms. The van der Waals surface area contributed by atoms with Crippen LogP contribution in [-0.2, 0) is 6.42 Å². The van der Waals surface area contributed by atoms with Crippen molar-refractivity contribution in [1.29, 1.82) is 0 Å². The highest BCUT2D eigenvalue weighted by Gasteiger charge is 2.20. The first kappa shape index (κ1) is 31.2. The number of nitrogens with zero attached hydrogens (tertiary/aromatic N) is 2. The molecule has 2 heteroatoms. The third-order valence-electron chi connectivity index (χ3n) is 9.86. The zero-order chi connectivity index (χ0) is 33.9. The van der Waals surface area contributed by atoms with Crippen molar-refractivity contribution >= 4 is 33.8 Å². The summed E-state index contributed by atoms with van der Waals surface area (Å²) in [5, 5.41) is 1.26. The quantitative estimate of drug-likeness (QED) is 0.185. The van der Waals surface area contributed by atoms with E-state index in [1.165, 1.54) is 50.1 Å². The minimum absolute atomic E-state index is 0.884. The number of rotatable bonds is 5.